The van der Waals surface area contributed by atoms with Crippen LogP contribution in [-0.2, 0) is 20.6 Å². The number of hydrogen-bond donors (Lipinski definition) is 2. The van der Waals surface area contributed by atoms with Crippen LogP contribution in [0.25, 0.3) is 0 Å². The van der Waals surface area contributed by atoms with Crippen molar-refractivity contribution in [3.8, 4) is 11.5 Å². The molecule has 0 spiro atoms. The lowest BCUT2D eigenvalue weighted by Gasteiger charge is -2.18. The number of fused-ring (bicyclic) bond motifs is 1. The van der Waals surface area contributed by atoms with E-state index in [1.165, 1.54) is 5.56 Å². The summed E-state index contributed by atoms with van der Waals surface area (Å²) in [5.41, 5.74) is 1.96. The molecular formula is C28H30N2O5. The molecule has 5 rings (SSSR count). The lowest BCUT2D eigenvalue weighted by atomic mass is 10.1. The van der Waals surface area contributed by atoms with Crippen molar-refractivity contribution < 1.29 is 23.7 Å². The first kappa shape index (κ1) is 23.4. The Morgan fingerprint density at radius 2 is 1.51 bits per heavy atom. The Morgan fingerprint density at radius 3 is 2.29 bits per heavy atom. The first-order valence-electron chi connectivity index (χ1n) is 12.1. The quantitative estimate of drug-likeness (QED) is 0.435. The molecule has 2 N–H and O–H groups in total. The molecule has 1 amide bonds. The molecular weight excluding hydrogens is 444 g/mol. The third kappa shape index (κ3) is 6.19. The van der Waals surface area contributed by atoms with E-state index in [0.29, 0.717) is 24.7 Å². The Morgan fingerprint density at radius 1 is 0.829 bits per heavy atom. The number of aryl methyl sites for hydroxylation is 1. The first-order valence-corrected chi connectivity index (χ1v) is 12.1. The van der Waals surface area contributed by atoms with Crippen LogP contribution in [0, 0.1) is 0 Å². The van der Waals surface area contributed by atoms with Crippen molar-refractivity contribution in [1.29, 1.82) is 0 Å². The molecule has 0 saturated carbocycles. The van der Waals surface area contributed by atoms with E-state index in [0.717, 1.165) is 25.1 Å². The van der Waals surface area contributed by atoms with Gasteiger partial charge in [0.2, 0.25) is 0 Å². The number of anilines is 1. The highest BCUT2D eigenvalue weighted by Crippen LogP contribution is 2.29. The highest BCUT2D eigenvalue weighted by atomic mass is 16.6. The van der Waals surface area contributed by atoms with E-state index >= 15 is 0 Å². The van der Waals surface area contributed by atoms with Crippen LogP contribution >= 0.6 is 0 Å². The van der Waals surface area contributed by atoms with Crippen LogP contribution in [0.4, 0.5) is 10.5 Å². The second-order valence-corrected chi connectivity index (χ2v) is 8.75. The molecule has 7 heteroatoms. The highest BCUT2D eigenvalue weighted by molar-refractivity contribution is 5.84. The molecule has 2 saturated heterocycles. The third-order valence-electron chi connectivity index (χ3n) is 6.24. The number of amides is 1. The van der Waals surface area contributed by atoms with E-state index < -0.39 is 12.2 Å². The third-order valence-corrected chi connectivity index (χ3v) is 6.24. The Bertz CT molecular complexity index is 1080. The van der Waals surface area contributed by atoms with Crippen LogP contribution in [0.3, 0.4) is 0 Å². The van der Waals surface area contributed by atoms with Crippen molar-refractivity contribution in [1.82, 2.24) is 5.32 Å². The number of rotatable bonds is 9. The topological polar surface area (TPSA) is 78.1 Å². The molecule has 0 unspecified atom stereocenters. The molecule has 2 fully saturated rings. The summed E-state index contributed by atoms with van der Waals surface area (Å²) in [7, 11) is 0. The molecule has 4 atom stereocenters. The normalized spacial score (nSPS) is 23.0. The number of ether oxygens (including phenoxy) is 4. The van der Waals surface area contributed by atoms with Gasteiger partial charge in [0, 0.05) is 5.69 Å². The predicted octanol–water partition coefficient (Wildman–Crippen LogP) is 4.78. The zero-order valence-electron chi connectivity index (χ0n) is 19.5. The van der Waals surface area contributed by atoms with Gasteiger partial charge in [-0.3, -0.25) is 5.32 Å². The SMILES string of the molecule is O=C(Nc1ccc(Oc2ccccc2)cc1)O[C@@H]1CO[C@H]2[C@H]1OC[C@H]2NCCCc1ccccc1. The second kappa shape index (κ2) is 11.4. The molecule has 182 valence electrons. The Balaban J connectivity index is 1.05. The summed E-state index contributed by atoms with van der Waals surface area (Å²) in [4.78, 5) is 12.5. The van der Waals surface area contributed by atoms with Gasteiger partial charge in [0.05, 0.1) is 19.3 Å². The fourth-order valence-corrected chi connectivity index (χ4v) is 4.48. The molecule has 0 bridgehead atoms. The summed E-state index contributed by atoms with van der Waals surface area (Å²) in [5.74, 6) is 1.44. The van der Waals surface area contributed by atoms with E-state index in [4.69, 9.17) is 18.9 Å². The first-order chi connectivity index (χ1) is 17.2. The molecule has 3 aromatic rings. The molecule has 2 aliphatic heterocycles. The van der Waals surface area contributed by atoms with E-state index in [-0.39, 0.29) is 18.2 Å². The van der Waals surface area contributed by atoms with Crippen LogP contribution in [0.2, 0.25) is 0 Å². The van der Waals surface area contributed by atoms with E-state index in [1.54, 1.807) is 24.3 Å². The van der Waals surface area contributed by atoms with Gasteiger partial charge in [0.15, 0.2) is 6.10 Å². The average Bonchev–Trinajstić information content (AvgIpc) is 3.47. The minimum Gasteiger partial charge on any atom is -0.457 e. The molecule has 2 aliphatic rings. The van der Waals surface area contributed by atoms with Gasteiger partial charge in [0.1, 0.15) is 23.7 Å². The summed E-state index contributed by atoms with van der Waals surface area (Å²) in [6.45, 7) is 1.76. The number of carbonyl (C=O) groups excluding carboxylic acids is 1. The van der Waals surface area contributed by atoms with Gasteiger partial charge in [-0.25, -0.2) is 4.79 Å². The summed E-state index contributed by atoms with van der Waals surface area (Å²) in [6.07, 6.45) is 0.737. The molecule has 7 nitrogen and oxygen atoms in total. The fraction of sp³-hybridized carbons (Fsp3) is 0.321. The predicted molar refractivity (Wildman–Crippen MR) is 133 cm³/mol. The largest absolute Gasteiger partial charge is 0.457 e. The summed E-state index contributed by atoms with van der Waals surface area (Å²) >= 11 is 0. The maximum atomic E-state index is 12.5. The monoisotopic (exact) mass is 474 g/mol. The Labute approximate surface area is 205 Å². The average molecular weight is 475 g/mol. The smallest absolute Gasteiger partial charge is 0.412 e. The number of hydrogen-bond acceptors (Lipinski definition) is 6. The minimum absolute atomic E-state index is 0.101. The maximum absolute atomic E-state index is 12.5. The lowest BCUT2D eigenvalue weighted by molar-refractivity contribution is 0.00857. The molecule has 35 heavy (non-hydrogen) atoms. The van der Waals surface area contributed by atoms with Crippen molar-refractivity contribution in [3.05, 3.63) is 90.5 Å². The molecule has 0 aromatic heterocycles. The van der Waals surface area contributed by atoms with Gasteiger partial charge in [0.25, 0.3) is 0 Å². The van der Waals surface area contributed by atoms with Gasteiger partial charge in [-0.1, -0.05) is 48.5 Å². The maximum Gasteiger partial charge on any atom is 0.412 e. The van der Waals surface area contributed by atoms with Gasteiger partial charge < -0.3 is 24.3 Å². The zero-order valence-corrected chi connectivity index (χ0v) is 19.5. The second-order valence-electron chi connectivity index (χ2n) is 8.75. The van der Waals surface area contributed by atoms with Crippen LogP contribution in [-0.4, -0.2) is 50.2 Å². The summed E-state index contributed by atoms with van der Waals surface area (Å²) in [6, 6.07) is 27.2. The van der Waals surface area contributed by atoms with Crippen molar-refractivity contribution in [2.75, 3.05) is 25.1 Å². The molecule has 3 aromatic carbocycles. The van der Waals surface area contributed by atoms with Gasteiger partial charge in [-0.2, -0.15) is 0 Å². The zero-order chi connectivity index (χ0) is 23.9. The highest BCUT2D eigenvalue weighted by Gasteiger charge is 2.49. The molecule has 0 radical (unpaired) electrons. The number of carbonyl (C=O) groups is 1. The van der Waals surface area contributed by atoms with Gasteiger partial charge >= 0.3 is 6.09 Å². The van der Waals surface area contributed by atoms with Crippen molar-refractivity contribution in [2.45, 2.75) is 37.2 Å². The molecule has 0 aliphatic carbocycles. The lowest BCUT2D eigenvalue weighted by Crippen LogP contribution is -2.42. The van der Waals surface area contributed by atoms with E-state index in [1.807, 2.05) is 36.4 Å². The Kier molecular flexibility index (Phi) is 7.58. The van der Waals surface area contributed by atoms with Gasteiger partial charge in [-0.15, -0.1) is 0 Å². The van der Waals surface area contributed by atoms with E-state index in [9.17, 15) is 4.79 Å². The Hall–Kier alpha value is -3.39. The van der Waals surface area contributed by atoms with Crippen LogP contribution in [0.1, 0.15) is 12.0 Å². The van der Waals surface area contributed by atoms with Crippen LogP contribution < -0.4 is 15.4 Å². The number of para-hydroxylation sites is 1. The van der Waals surface area contributed by atoms with Crippen molar-refractivity contribution >= 4 is 11.8 Å². The van der Waals surface area contributed by atoms with Crippen LogP contribution in [0.5, 0.6) is 11.5 Å². The minimum atomic E-state index is -0.529. The number of nitrogens with one attached hydrogen (secondary N) is 2. The molecule has 2 heterocycles. The number of benzene rings is 3. The fourth-order valence-electron chi connectivity index (χ4n) is 4.48. The van der Waals surface area contributed by atoms with Crippen LogP contribution in [0.15, 0.2) is 84.9 Å². The van der Waals surface area contributed by atoms with E-state index in [2.05, 4.69) is 34.9 Å². The summed E-state index contributed by atoms with van der Waals surface area (Å²) < 4.78 is 23.3. The van der Waals surface area contributed by atoms with Crippen molar-refractivity contribution in [3.63, 3.8) is 0 Å². The summed E-state index contributed by atoms with van der Waals surface area (Å²) in [5, 5.41) is 6.31. The van der Waals surface area contributed by atoms with Crippen molar-refractivity contribution in [2.24, 2.45) is 0 Å². The van der Waals surface area contributed by atoms with Gasteiger partial charge in [-0.05, 0) is 61.3 Å². The standard InChI is InChI=1S/C28H30N2O5/c31-28(30-21-13-15-23(16-14-21)34-22-11-5-2-6-12-22)35-25-19-33-26-24(18-32-27(25)26)29-17-7-10-20-8-3-1-4-9-20/h1-6,8-9,11-16,24-27,29H,7,10,17-19H2,(H,30,31)/t24-,25-,26-,27+/m1/s1.